The van der Waals surface area contributed by atoms with E-state index in [1.54, 1.807) is 14.1 Å². The highest BCUT2D eigenvalue weighted by atomic mass is 127. The number of hydrogen-bond acceptors (Lipinski definition) is 3. The molecule has 0 bridgehead atoms. The Bertz CT molecular complexity index is 273. The zero-order chi connectivity index (χ0) is 14.5. The van der Waals surface area contributed by atoms with Crippen LogP contribution in [0.1, 0.15) is 26.7 Å². The molecule has 1 amide bonds. The Morgan fingerprint density at radius 3 is 2.40 bits per heavy atom. The van der Waals surface area contributed by atoms with Crippen LogP contribution in [-0.4, -0.2) is 63.7 Å². The Kier molecular flexibility index (Phi) is 16.1. The lowest BCUT2D eigenvalue weighted by atomic mass is 10.3. The average Bonchev–Trinajstić information content (AvgIpc) is 2.39. The largest absolute Gasteiger partial charge is 0.380 e. The summed E-state index contributed by atoms with van der Waals surface area (Å²) in [6, 6.07) is 0. The van der Waals surface area contributed by atoms with E-state index < -0.39 is 0 Å². The van der Waals surface area contributed by atoms with Crippen LogP contribution in [0.2, 0.25) is 0 Å². The van der Waals surface area contributed by atoms with Gasteiger partial charge in [0.25, 0.3) is 0 Å². The fourth-order valence-corrected chi connectivity index (χ4v) is 1.23. The van der Waals surface area contributed by atoms with Gasteiger partial charge in [0.05, 0.1) is 6.61 Å². The first-order valence-electron chi connectivity index (χ1n) is 6.91. The van der Waals surface area contributed by atoms with Crippen molar-refractivity contribution in [3.63, 3.8) is 0 Å². The van der Waals surface area contributed by atoms with Gasteiger partial charge in [-0.1, -0.05) is 13.3 Å². The van der Waals surface area contributed by atoms with Crippen molar-refractivity contribution in [3.8, 4) is 0 Å². The van der Waals surface area contributed by atoms with Crippen LogP contribution in [0.4, 0.5) is 0 Å². The molecule has 0 rings (SSSR count). The molecule has 0 aromatic carbocycles. The number of nitrogens with one attached hydrogen (secondary N) is 2. The van der Waals surface area contributed by atoms with Crippen molar-refractivity contribution in [1.82, 2.24) is 15.5 Å². The van der Waals surface area contributed by atoms with Crippen molar-refractivity contribution in [1.29, 1.82) is 0 Å². The minimum Gasteiger partial charge on any atom is -0.380 e. The Balaban J connectivity index is 0. The van der Waals surface area contributed by atoms with Gasteiger partial charge >= 0.3 is 0 Å². The molecule has 0 aliphatic heterocycles. The molecule has 0 atom stereocenters. The van der Waals surface area contributed by atoms with E-state index in [0.717, 1.165) is 19.4 Å². The molecule has 0 fully saturated rings. The summed E-state index contributed by atoms with van der Waals surface area (Å²) in [6.45, 7) is 7.13. The topological polar surface area (TPSA) is 66.0 Å². The highest BCUT2D eigenvalue weighted by molar-refractivity contribution is 14.0. The zero-order valence-corrected chi connectivity index (χ0v) is 15.4. The van der Waals surface area contributed by atoms with Gasteiger partial charge in [0.2, 0.25) is 5.91 Å². The van der Waals surface area contributed by atoms with Crippen molar-refractivity contribution in [2.75, 3.05) is 46.9 Å². The molecule has 7 heteroatoms. The van der Waals surface area contributed by atoms with E-state index in [2.05, 4.69) is 22.5 Å². The monoisotopic (exact) mass is 400 g/mol. The molecular weight excluding hydrogens is 371 g/mol. The van der Waals surface area contributed by atoms with Gasteiger partial charge in [-0.05, 0) is 13.3 Å². The van der Waals surface area contributed by atoms with E-state index in [0.29, 0.717) is 25.7 Å². The van der Waals surface area contributed by atoms with Gasteiger partial charge in [0.1, 0.15) is 6.54 Å². The van der Waals surface area contributed by atoms with Gasteiger partial charge in [0, 0.05) is 33.8 Å². The Hall–Kier alpha value is -0.570. The highest BCUT2D eigenvalue weighted by Crippen LogP contribution is 1.85. The number of likely N-dealkylation sites (N-methyl/N-ethyl adjacent to an activating group) is 1. The SMILES string of the molecule is CCCCNC(=NCC(=O)N(C)C)NCCOCC.I. The second-order valence-corrected chi connectivity index (χ2v) is 4.36. The average molecular weight is 400 g/mol. The first-order valence-corrected chi connectivity index (χ1v) is 6.91. The van der Waals surface area contributed by atoms with Crippen LogP contribution in [0.25, 0.3) is 0 Å². The quantitative estimate of drug-likeness (QED) is 0.263. The van der Waals surface area contributed by atoms with Crippen LogP contribution >= 0.6 is 24.0 Å². The third-order valence-electron chi connectivity index (χ3n) is 2.44. The number of halogens is 1. The molecule has 0 aliphatic carbocycles. The van der Waals surface area contributed by atoms with Crippen molar-refractivity contribution in [2.45, 2.75) is 26.7 Å². The lowest BCUT2D eigenvalue weighted by Gasteiger charge is -2.13. The van der Waals surface area contributed by atoms with Gasteiger partial charge < -0.3 is 20.3 Å². The number of rotatable bonds is 9. The second-order valence-electron chi connectivity index (χ2n) is 4.36. The molecule has 0 saturated heterocycles. The van der Waals surface area contributed by atoms with Crippen molar-refractivity contribution in [3.05, 3.63) is 0 Å². The molecule has 0 aromatic heterocycles. The normalized spacial score (nSPS) is 10.7. The molecule has 0 saturated carbocycles. The summed E-state index contributed by atoms with van der Waals surface area (Å²) in [5.41, 5.74) is 0. The van der Waals surface area contributed by atoms with E-state index in [1.807, 2.05) is 6.92 Å². The van der Waals surface area contributed by atoms with Gasteiger partial charge in [-0.2, -0.15) is 0 Å². The first kappa shape index (κ1) is 21.7. The number of unbranched alkanes of at least 4 members (excludes halogenated alkanes) is 1. The summed E-state index contributed by atoms with van der Waals surface area (Å²) >= 11 is 0. The van der Waals surface area contributed by atoms with Crippen LogP contribution in [0.5, 0.6) is 0 Å². The van der Waals surface area contributed by atoms with E-state index >= 15 is 0 Å². The summed E-state index contributed by atoms with van der Waals surface area (Å²) < 4.78 is 5.25. The van der Waals surface area contributed by atoms with Gasteiger partial charge in [-0.25, -0.2) is 4.99 Å². The molecule has 6 nitrogen and oxygen atoms in total. The predicted molar refractivity (Wildman–Crippen MR) is 93.8 cm³/mol. The number of hydrogen-bond donors (Lipinski definition) is 2. The Labute approximate surface area is 139 Å². The van der Waals surface area contributed by atoms with Gasteiger partial charge in [0.15, 0.2) is 5.96 Å². The summed E-state index contributed by atoms with van der Waals surface area (Å²) in [4.78, 5) is 17.3. The van der Waals surface area contributed by atoms with Crippen LogP contribution in [0.15, 0.2) is 4.99 Å². The number of nitrogens with zero attached hydrogens (tertiary/aromatic N) is 2. The number of carbonyl (C=O) groups is 1. The van der Waals surface area contributed by atoms with Gasteiger partial charge in [-0.3, -0.25) is 4.79 Å². The number of guanidine groups is 1. The molecule has 0 unspecified atom stereocenters. The molecule has 2 N–H and O–H groups in total. The summed E-state index contributed by atoms with van der Waals surface area (Å²) in [6.07, 6.45) is 2.20. The van der Waals surface area contributed by atoms with Crippen molar-refractivity contribution >= 4 is 35.8 Å². The highest BCUT2D eigenvalue weighted by Gasteiger charge is 2.03. The van der Waals surface area contributed by atoms with Crippen LogP contribution < -0.4 is 10.6 Å². The standard InChI is InChI=1S/C13H28N4O2.HI/c1-5-7-8-14-13(15-9-10-19-6-2)16-11-12(18)17(3)4;/h5-11H2,1-4H3,(H2,14,15,16);1H. The molecular formula is C13H29IN4O2. The third kappa shape index (κ3) is 12.5. The number of carbonyl (C=O) groups excluding carboxylic acids is 1. The molecule has 0 radical (unpaired) electrons. The van der Waals surface area contributed by atoms with E-state index in [4.69, 9.17) is 4.74 Å². The van der Waals surface area contributed by atoms with Crippen LogP contribution in [0, 0.1) is 0 Å². The third-order valence-corrected chi connectivity index (χ3v) is 2.44. The molecule has 20 heavy (non-hydrogen) atoms. The van der Waals surface area contributed by atoms with E-state index in [-0.39, 0.29) is 36.4 Å². The predicted octanol–water partition coefficient (Wildman–Crippen LogP) is 1.06. The second kappa shape index (κ2) is 14.8. The Morgan fingerprint density at radius 1 is 1.20 bits per heavy atom. The summed E-state index contributed by atoms with van der Waals surface area (Å²) in [7, 11) is 3.45. The smallest absolute Gasteiger partial charge is 0.243 e. The number of ether oxygens (including phenoxy) is 1. The van der Waals surface area contributed by atoms with Crippen molar-refractivity contribution < 1.29 is 9.53 Å². The molecule has 120 valence electrons. The molecule has 0 aromatic rings. The number of amides is 1. The minimum absolute atomic E-state index is 0. The Morgan fingerprint density at radius 2 is 1.85 bits per heavy atom. The maximum Gasteiger partial charge on any atom is 0.243 e. The number of aliphatic imine (C=N–C) groups is 1. The lowest BCUT2D eigenvalue weighted by molar-refractivity contribution is -0.127. The summed E-state index contributed by atoms with van der Waals surface area (Å²) in [5.74, 6) is 0.657. The van der Waals surface area contributed by atoms with E-state index in [9.17, 15) is 4.79 Å². The van der Waals surface area contributed by atoms with Crippen molar-refractivity contribution in [2.24, 2.45) is 4.99 Å². The maximum atomic E-state index is 11.5. The maximum absolute atomic E-state index is 11.5. The van der Waals surface area contributed by atoms with Crippen LogP contribution in [0.3, 0.4) is 0 Å². The van der Waals surface area contributed by atoms with E-state index in [1.165, 1.54) is 4.90 Å². The first-order chi connectivity index (χ1) is 9.11. The fraction of sp³-hybridized carbons (Fsp3) is 0.846. The fourth-order valence-electron chi connectivity index (χ4n) is 1.23. The molecule has 0 spiro atoms. The lowest BCUT2D eigenvalue weighted by Crippen LogP contribution is -2.40. The van der Waals surface area contributed by atoms with Crippen LogP contribution in [-0.2, 0) is 9.53 Å². The van der Waals surface area contributed by atoms with Gasteiger partial charge in [-0.15, -0.1) is 24.0 Å². The molecule has 0 aliphatic rings. The molecule has 0 heterocycles. The zero-order valence-electron chi connectivity index (χ0n) is 13.1. The summed E-state index contributed by atoms with van der Waals surface area (Å²) in [5, 5.41) is 6.36. The minimum atomic E-state index is -0.0126.